The quantitative estimate of drug-likeness (QED) is 0.136. The molecular formula is C66H80O24. The van der Waals surface area contributed by atoms with Gasteiger partial charge in [-0.05, 0) is 62.5 Å². The molecule has 16 rings (SSSR count). The first-order valence-electron chi connectivity index (χ1n) is 31.7. The Morgan fingerprint density at radius 3 is 1.48 bits per heavy atom. The summed E-state index contributed by atoms with van der Waals surface area (Å²) in [5.41, 5.74) is -18.9. The van der Waals surface area contributed by atoms with Gasteiger partial charge in [-0.15, -0.1) is 0 Å². The summed E-state index contributed by atoms with van der Waals surface area (Å²) in [6, 6.07) is 3.18. The second-order valence-corrected chi connectivity index (χ2v) is 31.0. The predicted octanol–water partition coefficient (Wildman–Crippen LogP) is 6.17. The molecule has 90 heavy (non-hydrogen) atoms. The summed E-state index contributed by atoms with van der Waals surface area (Å²) < 4.78 is 88.6. The van der Waals surface area contributed by atoms with Crippen molar-refractivity contribution in [1.29, 1.82) is 0 Å². The van der Waals surface area contributed by atoms with E-state index < -0.39 is 185 Å². The van der Waals surface area contributed by atoms with Crippen LogP contribution in [0.3, 0.4) is 0 Å². The highest BCUT2D eigenvalue weighted by Gasteiger charge is 3.07. The minimum atomic E-state index is -2.10. The average molecular weight is 1260 g/mol. The third-order valence-electron chi connectivity index (χ3n) is 26.9. The van der Waals surface area contributed by atoms with E-state index in [1.54, 1.807) is 53.7 Å². The van der Waals surface area contributed by atoms with Gasteiger partial charge in [0.15, 0.2) is 35.5 Å². The van der Waals surface area contributed by atoms with E-state index >= 15 is 0 Å². The van der Waals surface area contributed by atoms with Gasteiger partial charge in [-0.2, -0.15) is 0 Å². The Balaban J connectivity index is 0.000000154. The molecule has 24 unspecified atom stereocenters. The second kappa shape index (κ2) is 17.4. The summed E-state index contributed by atoms with van der Waals surface area (Å²) >= 11 is 0. The van der Waals surface area contributed by atoms with Crippen LogP contribution in [0.25, 0.3) is 0 Å². The number of fused-ring (bicyclic) bond motifs is 6. The number of rotatable bonds is 12. The molecule has 8 aliphatic carbocycles. The van der Waals surface area contributed by atoms with Crippen LogP contribution in [0.5, 0.6) is 0 Å². The van der Waals surface area contributed by atoms with Gasteiger partial charge in [-0.3, -0.25) is 38.4 Å². The van der Waals surface area contributed by atoms with Gasteiger partial charge in [0.05, 0.1) is 68.7 Å². The molecule has 8 bridgehead atoms. The molecule has 488 valence electrons. The lowest BCUT2D eigenvalue weighted by atomic mass is 9.33. The van der Waals surface area contributed by atoms with Gasteiger partial charge in [-0.25, -0.2) is 0 Å². The third-order valence-corrected chi connectivity index (χ3v) is 26.9. The predicted molar refractivity (Wildman–Crippen MR) is 298 cm³/mol. The fraction of sp³-hybridized carbons (Fsp3) is 0.758. The fourth-order valence-corrected chi connectivity index (χ4v) is 23.9. The van der Waals surface area contributed by atoms with Crippen LogP contribution in [-0.2, 0) is 85.6 Å². The van der Waals surface area contributed by atoms with Gasteiger partial charge in [0.1, 0.15) is 46.1 Å². The number of Topliss-reactive ketones (excluding diaryl/α,β-unsaturated/α-hetero) is 2. The Morgan fingerprint density at radius 2 is 1.01 bits per heavy atom. The molecule has 14 aliphatic rings. The van der Waals surface area contributed by atoms with Crippen molar-refractivity contribution < 1.29 is 114 Å². The molecule has 24 nitrogen and oxygen atoms in total. The van der Waals surface area contributed by atoms with Gasteiger partial charge in [0.25, 0.3) is 11.9 Å². The fourth-order valence-electron chi connectivity index (χ4n) is 23.9. The monoisotopic (exact) mass is 1260 g/mol. The van der Waals surface area contributed by atoms with E-state index in [0.29, 0.717) is 30.4 Å². The van der Waals surface area contributed by atoms with Gasteiger partial charge in [0, 0.05) is 71.0 Å². The maximum Gasteiger partial charge on any atom is 0.309 e. The number of hydrogen-bond acceptors (Lipinski definition) is 24. The molecule has 24 heteroatoms. The number of methoxy groups -OCH3 is 2. The molecule has 8 heterocycles. The summed E-state index contributed by atoms with van der Waals surface area (Å²) in [4.78, 5) is 110. The summed E-state index contributed by atoms with van der Waals surface area (Å²) in [5, 5.41) is 25.0. The molecule has 0 amide bonds. The molecule has 2 aromatic heterocycles. The van der Waals surface area contributed by atoms with E-state index in [1.165, 1.54) is 39.3 Å². The number of aliphatic hydroxyl groups is 2. The molecule has 6 aliphatic heterocycles. The summed E-state index contributed by atoms with van der Waals surface area (Å²) in [7, 11) is 2.63. The van der Waals surface area contributed by atoms with E-state index in [1.807, 2.05) is 41.5 Å². The smallest absolute Gasteiger partial charge is 0.309 e. The van der Waals surface area contributed by atoms with E-state index in [2.05, 4.69) is 0 Å². The number of ether oxygens (including phenoxy) is 12. The number of furan rings is 2. The van der Waals surface area contributed by atoms with Crippen LogP contribution in [0.15, 0.2) is 46.0 Å². The van der Waals surface area contributed by atoms with Crippen molar-refractivity contribution in [2.75, 3.05) is 14.2 Å². The summed E-state index contributed by atoms with van der Waals surface area (Å²) in [6.45, 7) is 21.4. The maximum atomic E-state index is 14.6. The second-order valence-electron chi connectivity index (χ2n) is 31.0. The Labute approximate surface area is 518 Å². The van der Waals surface area contributed by atoms with Crippen LogP contribution in [0.1, 0.15) is 168 Å². The van der Waals surface area contributed by atoms with Crippen molar-refractivity contribution in [3.63, 3.8) is 0 Å². The topological polar surface area (TPSA) is 314 Å². The lowest BCUT2D eigenvalue weighted by molar-refractivity contribution is -0.478. The highest BCUT2D eigenvalue weighted by Crippen LogP contribution is 2.92. The number of carbonyl (C=O) groups excluding carboxylic acids is 8. The van der Waals surface area contributed by atoms with Crippen LogP contribution < -0.4 is 0 Å². The van der Waals surface area contributed by atoms with Crippen LogP contribution in [0, 0.1) is 68.0 Å². The SMILES string of the molecule is COC(=O)CC1C2(C)CC34OC5(C)OC67C(CC(=O)OC6C3(O)C2O)C(C)(C(=O)c2ccoc2)CCC7(O5)C14C.COC(=O)CC1C2(C)CC34OC5(C)OC67C(CC(=O)OC6C3(OC(=O)C(C)C)C2OC(=O)C(C)C)C(C)(C(=O)c2ccoc2)CCC7(O5)C14C. The molecule has 2 aromatic rings. The highest BCUT2D eigenvalue weighted by atomic mass is 16.9. The zero-order valence-electron chi connectivity index (χ0n) is 53.2. The molecule has 6 saturated heterocycles. The van der Waals surface area contributed by atoms with E-state index in [0.717, 1.165) is 0 Å². The Morgan fingerprint density at radius 1 is 0.578 bits per heavy atom. The zero-order valence-corrected chi connectivity index (χ0v) is 53.2. The molecule has 24 atom stereocenters. The number of hydrogen-bond donors (Lipinski definition) is 2. The standard InChI is InChI=1S/C37H46O13.C29H34O11/c1-18(2)26(41)46-28-31(6)17-35-32(7,21(31)14-23(38)43-9)34-12-11-30(5,25(40)20-10-13-44-16-20)22-15-24(39)45-29(37(28,35)47-27(42)19(3)4)36(22,34)50-33(8,48-34)49-35;1-22(19(32)14-6-9-36-12-14)7-8-26-24(3)15(10-17(30)35-5)23(2)13-27(24)28(34,20(23)33)21-29(26,16(22)11-18(31)37-21)40-25(4,38-26)39-27/h10,13,16,18-19,21-22,28-29H,11-12,14-15,17H2,1-9H3;6,9,12,15-16,20-21,33-34H,7-8,10-11,13H2,1-5H3. The summed E-state index contributed by atoms with van der Waals surface area (Å²) in [6.07, 6.45) is 1.15. The van der Waals surface area contributed by atoms with Crippen molar-refractivity contribution in [3.05, 3.63) is 48.3 Å². The molecular weight excluding hydrogens is 1180 g/mol. The minimum Gasteiger partial charge on any atom is -0.472 e. The Kier molecular flexibility index (Phi) is 11.7. The average Bonchev–Trinajstić information content (AvgIpc) is 1.39. The normalized spacial score (nSPS) is 52.9. The van der Waals surface area contributed by atoms with Crippen molar-refractivity contribution in [1.82, 2.24) is 0 Å². The van der Waals surface area contributed by atoms with Crippen molar-refractivity contribution in [3.8, 4) is 0 Å². The maximum absolute atomic E-state index is 14.6. The lowest BCUT2D eigenvalue weighted by Gasteiger charge is -2.77. The largest absolute Gasteiger partial charge is 0.472 e. The molecule has 8 saturated carbocycles. The number of aliphatic hydroxyl groups excluding tert-OH is 1. The minimum absolute atomic E-state index is 0.0417. The van der Waals surface area contributed by atoms with Crippen molar-refractivity contribution in [2.24, 2.45) is 68.0 Å². The van der Waals surface area contributed by atoms with Crippen LogP contribution >= 0.6 is 0 Å². The number of ketones is 2. The lowest BCUT2D eigenvalue weighted by Crippen LogP contribution is -2.94. The van der Waals surface area contributed by atoms with E-state index in [4.69, 9.17) is 65.7 Å². The van der Waals surface area contributed by atoms with Crippen LogP contribution in [0.2, 0.25) is 0 Å². The number of carbonyl (C=O) groups is 8. The van der Waals surface area contributed by atoms with Crippen LogP contribution in [-0.4, -0.2) is 153 Å². The molecule has 14 fully saturated rings. The molecule has 6 spiro atoms. The van der Waals surface area contributed by atoms with E-state index in [9.17, 15) is 48.6 Å². The number of esters is 6. The summed E-state index contributed by atoms with van der Waals surface area (Å²) in [5.74, 6) is -11.3. The van der Waals surface area contributed by atoms with Gasteiger partial charge < -0.3 is 75.9 Å². The third kappa shape index (κ3) is 5.93. The molecule has 0 aromatic carbocycles. The Hall–Kier alpha value is -5.60. The Bertz CT molecular complexity index is 3560. The highest BCUT2D eigenvalue weighted by molar-refractivity contribution is 6.02. The zero-order chi connectivity index (χ0) is 64.8. The first kappa shape index (κ1) is 60.6. The van der Waals surface area contributed by atoms with Gasteiger partial charge >= 0.3 is 35.8 Å². The first-order valence-corrected chi connectivity index (χ1v) is 31.7. The molecule has 2 N–H and O–H groups in total. The molecule has 0 radical (unpaired) electrons. The van der Waals surface area contributed by atoms with Gasteiger partial charge in [0.2, 0.25) is 5.60 Å². The van der Waals surface area contributed by atoms with Crippen molar-refractivity contribution in [2.45, 2.75) is 228 Å². The van der Waals surface area contributed by atoms with Gasteiger partial charge in [-0.1, -0.05) is 69.2 Å². The van der Waals surface area contributed by atoms with Crippen LogP contribution in [0.4, 0.5) is 0 Å². The first-order chi connectivity index (χ1) is 41.9. The van der Waals surface area contributed by atoms with Crippen molar-refractivity contribution >= 4 is 47.4 Å². The van der Waals surface area contributed by atoms with E-state index in [-0.39, 0.29) is 56.5 Å².